The molecule has 0 radical (unpaired) electrons. The van der Waals surface area contributed by atoms with E-state index in [1.807, 2.05) is 0 Å². The van der Waals surface area contributed by atoms with E-state index in [1.54, 1.807) is 0 Å². The van der Waals surface area contributed by atoms with Crippen LogP contribution in [0.3, 0.4) is 0 Å². The minimum atomic E-state index is -8.98. The van der Waals surface area contributed by atoms with Gasteiger partial charge in [0.05, 0.1) is 11.1 Å². The molecule has 34 heteroatoms. The predicted molar refractivity (Wildman–Crippen MR) is 170 cm³/mol. The van der Waals surface area contributed by atoms with Crippen molar-refractivity contribution in [3.05, 3.63) is 71.8 Å². The van der Waals surface area contributed by atoms with Gasteiger partial charge >= 0.3 is 83.4 Å². The van der Waals surface area contributed by atoms with Crippen molar-refractivity contribution in [3.63, 3.8) is 0 Å². The number of aromatic hydroxyl groups is 2. The number of rotatable bonds is 15. The Hall–Kier alpha value is -5.76. The van der Waals surface area contributed by atoms with Crippen molar-refractivity contribution >= 4 is 33.1 Å². The zero-order chi connectivity index (χ0) is 55.0. The topological polar surface area (TPSA) is 74.6 Å². The highest BCUT2D eigenvalue weighted by Crippen LogP contribution is 2.65. The molecule has 0 amide bonds. The van der Waals surface area contributed by atoms with Crippen molar-refractivity contribution in [2.75, 3.05) is 0 Å². The van der Waals surface area contributed by atoms with Gasteiger partial charge in [0.25, 0.3) is 0 Å². The Kier molecular flexibility index (Phi) is 12.9. The number of benzene rings is 4. The van der Waals surface area contributed by atoms with E-state index in [1.165, 1.54) is 0 Å². The molecule has 0 unspecified atom stereocenters. The molecule has 0 heterocycles. The van der Waals surface area contributed by atoms with Gasteiger partial charge in [-0.2, -0.15) is 132 Å². The molecule has 4 nitrogen and oxygen atoms in total. The molecule has 0 saturated carbocycles. The van der Waals surface area contributed by atoms with Gasteiger partial charge in [0, 0.05) is 11.1 Å². The molecule has 4 aromatic carbocycles. The van der Waals surface area contributed by atoms with E-state index in [2.05, 4.69) is 0 Å². The number of alkyl halides is 30. The summed E-state index contributed by atoms with van der Waals surface area (Å²) >= 11 is 0. The lowest BCUT2D eigenvalue weighted by molar-refractivity contribution is -0.449. The lowest BCUT2D eigenvalue weighted by Gasteiger charge is -2.41. The van der Waals surface area contributed by atoms with E-state index in [-0.39, 0.29) is 0 Å². The third-order valence-corrected chi connectivity index (χ3v) is 10.0. The molecule has 0 spiro atoms. The quantitative estimate of drug-likeness (QED) is 0.0919. The molecule has 0 bridgehead atoms. The van der Waals surface area contributed by atoms with Crippen LogP contribution in [-0.4, -0.2) is 105 Å². The summed E-state index contributed by atoms with van der Waals surface area (Å²) in [6.07, 6.45) is -16.1. The number of phenolic OH excluding ortho intramolecular Hbond substituents is 2. The zero-order valence-electron chi connectivity index (χ0n) is 31.8. The first-order valence-corrected chi connectivity index (χ1v) is 17.1. The van der Waals surface area contributed by atoms with Gasteiger partial charge in [-0.05, 0) is 33.7 Å². The SMILES string of the molecule is O=C(c1cc2ccccc2c(-c2c(O)c(C(=O)C(F)(F)C(F)(F)C(F)(F)C(F)(F)C(F)(F)C(F)(F)C(F)(F)F)cc3ccccc23)c1O)C(F)(F)C(F)(F)C(F)(F)C(F)(F)C(F)(F)C(F)(F)C(F)(F)F. The molecule has 0 aromatic heterocycles. The normalized spacial score (nSPS) is 15.2. The molecule has 0 aliphatic heterocycles. The lowest BCUT2D eigenvalue weighted by atomic mass is 9.84. The molecule has 2 N–H and O–H groups in total. The molecule has 4 rings (SSSR count). The maximum atomic E-state index is 15.3. The van der Waals surface area contributed by atoms with Crippen molar-refractivity contribution < 1.29 is 152 Å². The van der Waals surface area contributed by atoms with Crippen molar-refractivity contribution in [1.82, 2.24) is 0 Å². The summed E-state index contributed by atoms with van der Waals surface area (Å²) in [6, 6.07) is 3.67. The Labute approximate surface area is 363 Å². The zero-order valence-corrected chi connectivity index (χ0v) is 31.8. The second-order valence-electron chi connectivity index (χ2n) is 14.3. The van der Waals surface area contributed by atoms with Crippen molar-refractivity contribution in [2.24, 2.45) is 0 Å². The lowest BCUT2D eigenvalue weighted by Crippen LogP contribution is -2.73. The first kappa shape index (κ1) is 56.8. The average Bonchev–Trinajstić information content (AvgIpc) is 3.21. The number of hydrogen-bond acceptors (Lipinski definition) is 4. The summed E-state index contributed by atoms with van der Waals surface area (Å²) in [7, 11) is 0. The van der Waals surface area contributed by atoms with Gasteiger partial charge in [0.15, 0.2) is 0 Å². The number of hydrogen-bond donors (Lipinski definition) is 2. The number of carbonyl (C=O) groups is 2. The monoisotopic (exact) mass is 1080 g/mol. The van der Waals surface area contributed by atoms with Gasteiger partial charge in [-0.25, -0.2) is 0 Å². The van der Waals surface area contributed by atoms with Gasteiger partial charge in [-0.3, -0.25) is 9.59 Å². The highest BCUT2D eigenvalue weighted by atomic mass is 19.4. The van der Waals surface area contributed by atoms with Gasteiger partial charge in [0.2, 0.25) is 11.6 Å². The minimum Gasteiger partial charge on any atom is -0.507 e. The van der Waals surface area contributed by atoms with Gasteiger partial charge in [0.1, 0.15) is 11.5 Å². The Balaban J connectivity index is 2.05. The summed E-state index contributed by atoms with van der Waals surface area (Å²) in [4.78, 5) is 26.0. The smallest absolute Gasteiger partial charge is 0.460 e. The van der Waals surface area contributed by atoms with E-state index < -0.39 is 162 Å². The Morgan fingerprint density at radius 1 is 0.314 bits per heavy atom. The molecule has 0 fully saturated rings. The number of halogens is 30. The third kappa shape index (κ3) is 7.19. The summed E-state index contributed by atoms with van der Waals surface area (Å²) in [5.74, 6) is -117. The summed E-state index contributed by atoms with van der Waals surface area (Å²) in [5, 5.41) is 17.6. The van der Waals surface area contributed by atoms with Crippen LogP contribution in [-0.2, 0) is 0 Å². The second-order valence-corrected chi connectivity index (χ2v) is 14.3. The fourth-order valence-corrected chi connectivity index (χ4v) is 6.08. The standard InChI is InChI=1S/C36H12F30O4/c37-23(38,25(41,42)27(45,46)29(49,50)31(53,54)33(57,58)35(61,62)63)21(69)15-9-11-5-1-3-7-13(11)17(19(15)67)18-14-8-4-2-6-12(14)10-16(20(18)68)22(70)24(39,40)26(43,44)28(47,48)30(51,52)32(55,56)34(59,60)36(64,65)66/h1-10,67-68H. The fraction of sp³-hybridized carbons (Fsp3) is 0.389. The van der Waals surface area contributed by atoms with Crippen LogP contribution in [0.2, 0.25) is 0 Å². The number of phenols is 2. The number of fused-ring (bicyclic) bond motifs is 2. The highest BCUT2D eigenvalue weighted by Gasteiger charge is 2.95. The average molecular weight is 1080 g/mol. The molecule has 0 atom stereocenters. The van der Waals surface area contributed by atoms with Gasteiger partial charge in [-0.1, -0.05) is 48.5 Å². The maximum absolute atomic E-state index is 15.3. The van der Waals surface area contributed by atoms with Crippen LogP contribution in [0.5, 0.6) is 11.5 Å². The van der Waals surface area contributed by atoms with E-state index in [0.717, 1.165) is 0 Å². The van der Waals surface area contributed by atoms with Crippen LogP contribution in [0.4, 0.5) is 132 Å². The van der Waals surface area contributed by atoms with Crippen LogP contribution in [0.15, 0.2) is 60.7 Å². The molecule has 0 aliphatic rings. The van der Waals surface area contributed by atoms with Crippen molar-refractivity contribution in [1.29, 1.82) is 0 Å². The Morgan fingerprint density at radius 2 is 0.529 bits per heavy atom. The van der Waals surface area contributed by atoms with Crippen molar-refractivity contribution in [3.8, 4) is 22.6 Å². The van der Waals surface area contributed by atoms with E-state index >= 15 is 17.6 Å². The Morgan fingerprint density at radius 3 is 0.771 bits per heavy atom. The number of Topliss-reactive ketones (excluding diaryl/α,β-unsaturated/α-hetero) is 2. The molecule has 70 heavy (non-hydrogen) atoms. The number of ketones is 2. The van der Waals surface area contributed by atoms with Crippen molar-refractivity contribution in [2.45, 2.75) is 83.4 Å². The van der Waals surface area contributed by atoms with Crippen LogP contribution < -0.4 is 0 Å². The minimum absolute atomic E-state index is 0.396. The Bertz CT molecular complexity index is 2550. The van der Waals surface area contributed by atoms with Crippen LogP contribution in [0, 0.1) is 0 Å². The van der Waals surface area contributed by atoms with E-state index in [4.69, 9.17) is 0 Å². The molecule has 0 saturated heterocycles. The summed E-state index contributed by atoms with van der Waals surface area (Å²) in [6.45, 7) is 0. The summed E-state index contributed by atoms with van der Waals surface area (Å²) < 4.78 is 419. The molecule has 390 valence electrons. The van der Waals surface area contributed by atoms with E-state index in [9.17, 15) is 134 Å². The largest absolute Gasteiger partial charge is 0.507 e. The van der Waals surface area contributed by atoms with Crippen LogP contribution >= 0.6 is 0 Å². The molecular formula is C36H12F30O4. The fourth-order valence-electron chi connectivity index (χ4n) is 6.08. The predicted octanol–water partition coefficient (Wildman–Crippen LogP) is 14.2. The van der Waals surface area contributed by atoms with Crippen LogP contribution in [0.1, 0.15) is 20.7 Å². The van der Waals surface area contributed by atoms with Gasteiger partial charge in [-0.15, -0.1) is 0 Å². The molecule has 4 aromatic rings. The van der Waals surface area contributed by atoms with E-state index in [0.29, 0.717) is 48.5 Å². The summed E-state index contributed by atoms with van der Waals surface area (Å²) in [5.41, 5.74) is -9.39. The number of carbonyl (C=O) groups excluding carboxylic acids is 2. The van der Waals surface area contributed by atoms with Gasteiger partial charge < -0.3 is 10.2 Å². The second kappa shape index (κ2) is 15.9. The maximum Gasteiger partial charge on any atom is 0.460 e. The molecule has 0 aliphatic carbocycles. The third-order valence-electron chi connectivity index (χ3n) is 10.0. The highest BCUT2D eigenvalue weighted by molar-refractivity contribution is 6.18. The first-order chi connectivity index (χ1) is 30.8. The first-order valence-electron chi connectivity index (χ1n) is 17.1. The molecular weight excluding hydrogens is 1070 g/mol. The van der Waals surface area contributed by atoms with Crippen LogP contribution in [0.25, 0.3) is 32.7 Å².